The molecule has 2 aromatic rings. The molecule has 0 saturated heterocycles. The summed E-state index contributed by atoms with van der Waals surface area (Å²) in [6.07, 6.45) is 1.82. The average Bonchev–Trinajstić information content (AvgIpc) is 2.60. The summed E-state index contributed by atoms with van der Waals surface area (Å²) >= 11 is 1.31. The maximum atomic E-state index is 9.54. The van der Waals surface area contributed by atoms with Gasteiger partial charge in [0, 0.05) is 0 Å². The maximum Gasteiger partial charge on any atom is 0.197 e. The van der Waals surface area contributed by atoms with Crippen LogP contribution in [-0.2, 0) is 0 Å². The van der Waals surface area contributed by atoms with Gasteiger partial charge in [-0.3, -0.25) is 0 Å². The van der Waals surface area contributed by atoms with Crippen molar-refractivity contribution < 1.29 is 5.11 Å². The lowest BCUT2D eigenvalue weighted by molar-refractivity contribution is 0.186. The predicted octanol–water partition coefficient (Wildman–Crippen LogP) is 1.24. The normalized spacial score (nSPS) is 13.4. The van der Waals surface area contributed by atoms with E-state index in [4.69, 9.17) is 0 Å². The number of para-hydroxylation sites is 1. The van der Waals surface area contributed by atoms with Gasteiger partial charge in [-0.2, -0.15) is 0 Å². The number of aliphatic hydroxyl groups is 1. The molecule has 0 fully saturated rings. The van der Waals surface area contributed by atoms with Gasteiger partial charge in [0.2, 0.25) is 0 Å². The molecule has 0 aliphatic rings. The zero-order valence-corrected chi connectivity index (χ0v) is 7.90. The number of thioether (sulfide) groups is 1. The molecule has 68 valence electrons. The molecule has 2 rings (SSSR count). The minimum Gasteiger partial charge on any atom is -0.363 e. The van der Waals surface area contributed by atoms with Crippen LogP contribution in [0, 0.1) is 0 Å². The number of rotatable bonds is 2. The zero-order chi connectivity index (χ0) is 9.26. The Morgan fingerprint density at radius 1 is 1.46 bits per heavy atom. The van der Waals surface area contributed by atoms with Crippen molar-refractivity contribution in [3.05, 3.63) is 24.3 Å². The van der Waals surface area contributed by atoms with E-state index < -0.39 is 5.56 Å². The van der Waals surface area contributed by atoms with E-state index in [1.54, 1.807) is 0 Å². The second-order valence-corrected chi connectivity index (χ2v) is 3.48. The van der Waals surface area contributed by atoms with Crippen LogP contribution in [0.5, 0.6) is 0 Å². The summed E-state index contributed by atoms with van der Waals surface area (Å²) in [6.45, 7) is 0. The van der Waals surface area contributed by atoms with E-state index in [-0.39, 0.29) is 0 Å². The van der Waals surface area contributed by atoms with Crippen LogP contribution in [0.15, 0.2) is 24.3 Å². The summed E-state index contributed by atoms with van der Waals surface area (Å²) in [6, 6.07) is 7.54. The van der Waals surface area contributed by atoms with Crippen molar-refractivity contribution in [2.45, 2.75) is 5.56 Å². The molecule has 1 N–H and O–H groups in total. The van der Waals surface area contributed by atoms with Crippen LogP contribution in [0.1, 0.15) is 5.56 Å². The van der Waals surface area contributed by atoms with E-state index in [0.717, 1.165) is 11.0 Å². The highest BCUT2D eigenvalue weighted by Gasteiger charge is 2.09. The van der Waals surface area contributed by atoms with E-state index in [0.29, 0.717) is 0 Å². The first-order valence-corrected chi connectivity index (χ1v) is 5.12. The average molecular weight is 195 g/mol. The number of hydrogen-bond acceptors (Lipinski definition) is 4. The van der Waals surface area contributed by atoms with Crippen molar-refractivity contribution in [3.63, 3.8) is 0 Å². The molecular formula is C8H9N3OS. The lowest BCUT2D eigenvalue weighted by atomic mass is 10.3. The summed E-state index contributed by atoms with van der Waals surface area (Å²) in [5, 5.41) is 17.3. The topological polar surface area (TPSA) is 50.9 Å². The lowest BCUT2D eigenvalue weighted by Crippen LogP contribution is -2.05. The van der Waals surface area contributed by atoms with Gasteiger partial charge in [0.1, 0.15) is 5.52 Å². The third kappa shape index (κ3) is 1.40. The van der Waals surface area contributed by atoms with Gasteiger partial charge in [-0.15, -0.1) is 16.9 Å². The number of aromatic nitrogens is 3. The Morgan fingerprint density at radius 3 is 3.00 bits per heavy atom. The predicted molar refractivity (Wildman–Crippen MR) is 52.3 cm³/mol. The van der Waals surface area contributed by atoms with Crippen LogP contribution in [0.4, 0.5) is 0 Å². The second kappa shape index (κ2) is 3.35. The first-order valence-electron chi connectivity index (χ1n) is 3.83. The van der Waals surface area contributed by atoms with Crippen LogP contribution < -0.4 is 0 Å². The van der Waals surface area contributed by atoms with Crippen LogP contribution in [0.3, 0.4) is 0 Å². The van der Waals surface area contributed by atoms with E-state index in [2.05, 4.69) is 10.3 Å². The van der Waals surface area contributed by atoms with E-state index >= 15 is 0 Å². The highest BCUT2D eigenvalue weighted by Crippen LogP contribution is 2.19. The lowest BCUT2D eigenvalue weighted by Gasteiger charge is -2.06. The SMILES string of the molecule is CSC(O)n1nnc2ccccc21. The molecule has 0 radical (unpaired) electrons. The molecule has 0 bridgehead atoms. The fourth-order valence-electron chi connectivity index (χ4n) is 1.15. The van der Waals surface area contributed by atoms with Crippen LogP contribution >= 0.6 is 11.8 Å². The Balaban J connectivity index is 2.57. The highest BCUT2D eigenvalue weighted by atomic mass is 32.2. The summed E-state index contributed by atoms with van der Waals surface area (Å²) < 4.78 is 1.50. The Bertz CT molecular complexity index is 414. The van der Waals surface area contributed by atoms with Crippen LogP contribution in [0.25, 0.3) is 11.0 Å². The van der Waals surface area contributed by atoms with Gasteiger partial charge in [0.25, 0.3) is 0 Å². The Morgan fingerprint density at radius 2 is 2.23 bits per heavy atom. The van der Waals surface area contributed by atoms with E-state index in [1.807, 2.05) is 30.5 Å². The van der Waals surface area contributed by atoms with Gasteiger partial charge in [-0.05, 0) is 18.4 Å². The maximum absolute atomic E-state index is 9.54. The summed E-state index contributed by atoms with van der Waals surface area (Å²) in [4.78, 5) is 0. The first kappa shape index (κ1) is 8.52. The van der Waals surface area contributed by atoms with Crippen molar-refractivity contribution in [2.24, 2.45) is 0 Å². The van der Waals surface area contributed by atoms with Gasteiger partial charge in [0.05, 0.1) is 5.52 Å². The van der Waals surface area contributed by atoms with Crippen molar-refractivity contribution in [3.8, 4) is 0 Å². The standard InChI is InChI=1S/C8H9N3OS/c1-13-8(12)11-7-5-3-2-4-6(7)9-10-11/h2-5,8,12H,1H3. The number of fused-ring (bicyclic) bond motifs is 1. The van der Waals surface area contributed by atoms with Crippen LogP contribution in [0.2, 0.25) is 0 Å². The molecule has 0 saturated carbocycles. The van der Waals surface area contributed by atoms with Crippen molar-refractivity contribution in [2.75, 3.05) is 6.26 Å². The first-order chi connectivity index (χ1) is 6.33. The molecule has 0 aliphatic carbocycles. The molecule has 1 heterocycles. The number of nitrogens with zero attached hydrogens (tertiary/aromatic N) is 3. The van der Waals surface area contributed by atoms with E-state index in [1.165, 1.54) is 16.4 Å². The Labute approximate surface area is 79.6 Å². The van der Waals surface area contributed by atoms with Crippen molar-refractivity contribution in [1.82, 2.24) is 15.0 Å². The number of benzene rings is 1. The minimum atomic E-state index is -0.660. The van der Waals surface area contributed by atoms with Gasteiger partial charge in [0.15, 0.2) is 5.56 Å². The fraction of sp³-hybridized carbons (Fsp3) is 0.250. The summed E-state index contributed by atoms with van der Waals surface area (Å²) in [7, 11) is 0. The molecule has 13 heavy (non-hydrogen) atoms. The monoisotopic (exact) mass is 195 g/mol. The fourth-order valence-corrected chi connectivity index (χ4v) is 1.51. The number of hydrogen-bond donors (Lipinski definition) is 1. The quantitative estimate of drug-likeness (QED) is 0.732. The molecule has 1 unspecified atom stereocenters. The van der Waals surface area contributed by atoms with Crippen LogP contribution in [-0.4, -0.2) is 26.4 Å². The van der Waals surface area contributed by atoms with Crippen molar-refractivity contribution >= 4 is 22.8 Å². The summed E-state index contributed by atoms with van der Waals surface area (Å²) in [5.74, 6) is 0. The van der Waals surface area contributed by atoms with Gasteiger partial charge in [-0.1, -0.05) is 17.3 Å². The van der Waals surface area contributed by atoms with Gasteiger partial charge in [-0.25, -0.2) is 4.68 Å². The molecule has 5 heteroatoms. The molecule has 1 aromatic carbocycles. The molecule has 1 atom stereocenters. The third-order valence-corrected chi connectivity index (χ3v) is 2.42. The molecule has 0 spiro atoms. The molecule has 1 aromatic heterocycles. The van der Waals surface area contributed by atoms with Gasteiger partial charge >= 0.3 is 0 Å². The summed E-state index contributed by atoms with van der Waals surface area (Å²) in [5.41, 5.74) is 0.993. The number of aliphatic hydroxyl groups excluding tert-OH is 1. The molecule has 4 nitrogen and oxygen atoms in total. The van der Waals surface area contributed by atoms with Gasteiger partial charge < -0.3 is 5.11 Å². The highest BCUT2D eigenvalue weighted by molar-refractivity contribution is 7.98. The minimum absolute atomic E-state index is 0.660. The Kier molecular flexibility index (Phi) is 2.20. The third-order valence-electron chi connectivity index (χ3n) is 1.80. The second-order valence-electron chi connectivity index (χ2n) is 2.58. The Hall–Kier alpha value is -1.07. The molecule has 0 amide bonds. The molecular weight excluding hydrogens is 186 g/mol. The molecule has 0 aliphatic heterocycles. The van der Waals surface area contributed by atoms with E-state index in [9.17, 15) is 5.11 Å². The zero-order valence-electron chi connectivity index (χ0n) is 7.08. The van der Waals surface area contributed by atoms with Crippen molar-refractivity contribution in [1.29, 1.82) is 0 Å². The largest absolute Gasteiger partial charge is 0.363 e. The smallest absolute Gasteiger partial charge is 0.197 e.